The molecule has 176 valence electrons. The third-order valence-corrected chi connectivity index (χ3v) is 6.32. The monoisotopic (exact) mass is 572 g/mol. The molecule has 3 heterocycles. The summed E-state index contributed by atoms with van der Waals surface area (Å²) in [5.41, 5.74) is 1.75. The highest BCUT2D eigenvalue weighted by Crippen LogP contribution is 2.24. The summed E-state index contributed by atoms with van der Waals surface area (Å²) in [4.78, 5) is 28.8. The van der Waals surface area contributed by atoms with Gasteiger partial charge in [0, 0.05) is 25.8 Å². The Hall–Kier alpha value is -1.95. The quantitative estimate of drug-likeness (QED) is 0.214. The lowest BCUT2D eigenvalue weighted by Gasteiger charge is -2.17. The molecule has 0 aromatic carbocycles. The number of aliphatic imine (C=N–C) groups is 1. The summed E-state index contributed by atoms with van der Waals surface area (Å²) in [6.45, 7) is 11.5. The minimum atomic E-state index is -0.318. The van der Waals surface area contributed by atoms with Crippen LogP contribution >= 0.6 is 35.3 Å². The number of ether oxygens (including phenoxy) is 1. The van der Waals surface area contributed by atoms with Crippen LogP contribution in [0.5, 0.6) is 0 Å². The number of guanidine groups is 1. The first kappa shape index (κ1) is 26.3. The largest absolute Gasteiger partial charge is 0.462 e. The molecule has 2 N–H and O–H groups in total. The highest BCUT2D eigenvalue weighted by atomic mass is 127. The minimum absolute atomic E-state index is 0. The van der Waals surface area contributed by atoms with E-state index in [-0.39, 0.29) is 36.0 Å². The third-order valence-electron chi connectivity index (χ3n) is 5.00. The Labute approximate surface area is 211 Å². The Morgan fingerprint density at radius 2 is 2.06 bits per heavy atom. The van der Waals surface area contributed by atoms with Gasteiger partial charge in [-0.15, -0.1) is 35.3 Å². The lowest BCUT2D eigenvalue weighted by molar-refractivity contribution is 0.0531. The smallest absolute Gasteiger partial charge is 0.350 e. The molecule has 8 nitrogen and oxygen atoms in total. The van der Waals surface area contributed by atoms with Crippen molar-refractivity contribution in [3.05, 3.63) is 39.5 Å². The third kappa shape index (κ3) is 7.03. The second kappa shape index (κ2) is 12.9. The standard InChI is InChI=1S/C22H32N6O2S.HI/c1-5-23-22(25-14-17-9-10-18(24-13-17)28-11-7-8-12-28)27-16(4)20-26-15(3)19(31-20)21(29)30-6-2;/h9-10,13,16H,5-8,11-12,14H2,1-4H3,(H2,23,25,27);1H. The van der Waals surface area contributed by atoms with E-state index in [9.17, 15) is 4.79 Å². The molecule has 1 unspecified atom stereocenters. The van der Waals surface area contributed by atoms with Crippen LogP contribution in [0.15, 0.2) is 23.3 Å². The van der Waals surface area contributed by atoms with Gasteiger partial charge in [-0.25, -0.2) is 19.8 Å². The van der Waals surface area contributed by atoms with Crippen molar-refractivity contribution in [1.29, 1.82) is 0 Å². The van der Waals surface area contributed by atoms with E-state index in [1.54, 1.807) is 6.92 Å². The molecule has 1 aliphatic rings. The van der Waals surface area contributed by atoms with E-state index in [1.165, 1.54) is 24.2 Å². The molecular weight excluding hydrogens is 539 g/mol. The number of halogens is 1. The van der Waals surface area contributed by atoms with E-state index in [0.717, 1.165) is 36.0 Å². The van der Waals surface area contributed by atoms with Crippen LogP contribution in [0.25, 0.3) is 0 Å². The molecule has 10 heteroatoms. The lowest BCUT2D eigenvalue weighted by atomic mass is 10.3. The lowest BCUT2D eigenvalue weighted by Crippen LogP contribution is -2.38. The summed E-state index contributed by atoms with van der Waals surface area (Å²) in [5, 5.41) is 7.47. The van der Waals surface area contributed by atoms with Gasteiger partial charge in [0.2, 0.25) is 0 Å². The van der Waals surface area contributed by atoms with Crippen LogP contribution < -0.4 is 15.5 Å². The van der Waals surface area contributed by atoms with Crippen molar-refractivity contribution in [2.75, 3.05) is 31.1 Å². The summed E-state index contributed by atoms with van der Waals surface area (Å²) < 4.78 is 5.12. The van der Waals surface area contributed by atoms with Crippen molar-refractivity contribution in [2.45, 2.75) is 53.1 Å². The van der Waals surface area contributed by atoms with Crippen LogP contribution in [0.2, 0.25) is 0 Å². The number of aryl methyl sites for hydroxylation is 1. The number of hydrogen-bond donors (Lipinski definition) is 2. The fourth-order valence-corrected chi connectivity index (χ4v) is 4.35. The van der Waals surface area contributed by atoms with Crippen LogP contribution in [0.3, 0.4) is 0 Å². The molecule has 1 saturated heterocycles. The molecule has 2 aromatic rings. The first-order chi connectivity index (χ1) is 15.0. The zero-order chi connectivity index (χ0) is 22.2. The van der Waals surface area contributed by atoms with Gasteiger partial charge in [-0.3, -0.25) is 0 Å². The number of pyridine rings is 1. The number of rotatable bonds is 8. The average molecular weight is 573 g/mol. The van der Waals surface area contributed by atoms with Crippen molar-refractivity contribution in [3.63, 3.8) is 0 Å². The highest BCUT2D eigenvalue weighted by molar-refractivity contribution is 14.0. The van der Waals surface area contributed by atoms with Gasteiger partial charge in [0.25, 0.3) is 0 Å². The van der Waals surface area contributed by atoms with E-state index in [1.807, 2.05) is 27.0 Å². The van der Waals surface area contributed by atoms with Gasteiger partial charge in [-0.2, -0.15) is 0 Å². The maximum absolute atomic E-state index is 12.1. The molecule has 32 heavy (non-hydrogen) atoms. The van der Waals surface area contributed by atoms with Gasteiger partial charge in [0.15, 0.2) is 5.96 Å². The van der Waals surface area contributed by atoms with Crippen LogP contribution in [-0.2, 0) is 11.3 Å². The van der Waals surface area contributed by atoms with Gasteiger partial charge in [-0.05, 0) is 52.2 Å². The van der Waals surface area contributed by atoms with Crippen molar-refractivity contribution < 1.29 is 9.53 Å². The Balaban J connectivity index is 0.00000363. The SMILES string of the molecule is CCNC(=NCc1ccc(N2CCCC2)nc1)NC(C)c1nc(C)c(C(=O)OCC)s1.I. The van der Waals surface area contributed by atoms with Gasteiger partial charge in [-0.1, -0.05) is 6.07 Å². The molecule has 0 saturated carbocycles. The molecule has 1 atom stereocenters. The Morgan fingerprint density at radius 3 is 2.69 bits per heavy atom. The minimum Gasteiger partial charge on any atom is -0.462 e. The summed E-state index contributed by atoms with van der Waals surface area (Å²) in [7, 11) is 0. The summed E-state index contributed by atoms with van der Waals surface area (Å²) >= 11 is 1.36. The number of nitrogens with one attached hydrogen (secondary N) is 2. The number of carbonyl (C=O) groups is 1. The average Bonchev–Trinajstić information content (AvgIpc) is 3.43. The van der Waals surface area contributed by atoms with E-state index in [0.29, 0.717) is 29.7 Å². The first-order valence-corrected chi connectivity index (χ1v) is 11.7. The fourth-order valence-electron chi connectivity index (χ4n) is 3.39. The molecule has 0 amide bonds. The van der Waals surface area contributed by atoms with Crippen LogP contribution in [0, 0.1) is 6.92 Å². The molecule has 1 aliphatic heterocycles. The van der Waals surface area contributed by atoms with E-state index in [4.69, 9.17) is 9.73 Å². The molecule has 3 rings (SSSR count). The molecule has 0 radical (unpaired) electrons. The second-order valence-corrected chi connectivity index (χ2v) is 8.50. The Bertz CT molecular complexity index is 896. The molecule has 2 aromatic heterocycles. The van der Waals surface area contributed by atoms with Crippen molar-refractivity contribution in [3.8, 4) is 0 Å². The number of nitrogens with zero attached hydrogens (tertiary/aromatic N) is 4. The molecular formula is C22H33IN6O2S. The second-order valence-electron chi connectivity index (χ2n) is 7.47. The van der Waals surface area contributed by atoms with Gasteiger partial charge in [0.05, 0.1) is 24.9 Å². The summed E-state index contributed by atoms with van der Waals surface area (Å²) in [6.07, 6.45) is 4.38. The van der Waals surface area contributed by atoms with Gasteiger partial charge in [0.1, 0.15) is 15.7 Å². The van der Waals surface area contributed by atoms with Crippen molar-refractivity contribution in [2.24, 2.45) is 4.99 Å². The van der Waals surface area contributed by atoms with Crippen molar-refractivity contribution >= 4 is 53.1 Å². The molecule has 0 aliphatic carbocycles. The number of hydrogen-bond acceptors (Lipinski definition) is 7. The normalized spacial score (nSPS) is 14.6. The van der Waals surface area contributed by atoms with E-state index in [2.05, 4.69) is 37.6 Å². The zero-order valence-corrected chi connectivity index (χ0v) is 22.3. The number of esters is 1. The fraction of sp³-hybridized carbons (Fsp3) is 0.545. The summed E-state index contributed by atoms with van der Waals surface area (Å²) in [5.74, 6) is 1.42. The van der Waals surface area contributed by atoms with Crippen LogP contribution in [0.4, 0.5) is 5.82 Å². The summed E-state index contributed by atoms with van der Waals surface area (Å²) in [6, 6.07) is 4.07. The number of carbonyl (C=O) groups excluding carboxylic acids is 1. The molecule has 0 spiro atoms. The topological polar surface area (TPSA) is 91.7 Å². The first-order valence-electron chi connectivity index (χ1n) is 10.9. The number of aromatic nitrogens is 2. The molecule has 1 fully saturated rings. The van der Waals surface area contributed by atoms with Gasteiger partial charge >= 0.3 is 5.97 Å². The predicted octanol–water partition coefficient (Wildman–Crippen LogP) is 4.06. The Kier molecular flexibility index (Phi) is 10.6. The highest BCUT2D eigenvalue weighted by Gasteiger charge is 2.20. The zero-order valence-electron chi connectivity index (χ0n) is 19.2. The number of thiazole rings is 1. The van der Waals surface area contributed by atoms with Crippen molar-refractivity contribution in [1.82, 2.24) is 20.6 Å². The van der Waals surface area contributed by atoms with Crippen LogP contribution in [-0.4, -0.2) is 48.1 Å². The van der Waals surface area contributed by atoms with Crippen LogP contribution in [0.1, 0.15) is 65.6 Å². The number of anilines is 1. The van der Waals surface area contributed by atoms with E-state index < -0.39 is 0 Å². The predicted molar refractivity (Wildman–Crippen MR) is 140 cm³/mol. The molecule has 0 bridgehead atoms. The maximum atomic E-state index is 12.1. The van der Waals surface area contributed by atoms with E-state index >= 15 is 0 Å². The Morgan fingerprint density at radius 1 is 1.31 bits per heavy atom. The maximum Gasteiger partial charge on any atom is 0.350 e. The van der Waals surface area contributed by atoms with Gasteiger partial charge < -0.3 is 20.3 Å².